The lowest BCUT2D eigenvalue weighted by atomic mass is 9.95. The summed E-state index contributed by atoms with van der Waals surface area (Å²) >= 11 is 0. The van der Waals surface area contributed by atoms with E-state index < -0.39 is 0 Å². The van der Waals surface area contributed by atoms with Crippen LogP contribution >= 0.6 is 12.4 Å². The summed E-state index contributed by atoms with van der Waals surface area (Å²) in [6.07, 6.45) is 0. The maximum atomic E-state index is 12.6. The maximum Gasteiger partial charge on any atom is 0.193 e. The number of rotatable bonds is 5. The molecule has 0 amide bonds. The molecule has 0 bridgehead atoms. The topological polar surface area (TPSA) is 61.0 Å². The van der Waals surface area contributed by atoms with Gasteiger partial charge in [-0.25, -0.2) is 0 Å². The quantitative estimate of drug-likeness (QED) is 0.767. The molecule has 1 atom stereocenters. The highest BCUT2D eigenvalue weighted by atomic mass is 35.5. The van der Waals surface area contributed by atoms with E-state index in [1.807, 2.05) is 48.5 Å². The van der Waals surface area contributed by atoms with Crippen molar-refractivity contribution in [2.45, 2.75) is 12.8 Å². The molecule has 2 aromatic carbocycles. The van der Waals surface area contributed by atoms with Crippen molar-refractivity contribution in [3.05, 3.63) is 71.3 Å². The molecule has 0 aliphatic carbocycles. The molecule has 1 fully saturated rings. The third kappa shape index (κ3) is 5.65. The van der Waals surface area contributed by atoms with E-state index in [9.17, 15) is 4.79 Å². The fraction of sp³-hybridized carbons (Fsp3) is 0.350. The lowest BCUT2D eigenvalue weighted by Crippen LogP contribution is -2.38. The Labute approximate surface area is 155 Å². The maximum absolute atomic E-state index is 12.6. The fourth-order valence-corrected chi connectivity index (χ4v) is 3.02. The van der Waals surface area contributed by atoms with Crippen LogP contribution in [0.3, 0.4) is 0 Å². The molecule has 1 aliphatic rings. The van der Waals surface area contributed by atoms with Crippen molar-refractivity contribution in [1.82, 2.24) is 4.90 Å². The molecule has 3 rings (SSSR count). The largest absolute Gasteiger partial charge is 0.412 e. The lowest BCUT2D eigenvalue weighted by molar-refractivity contribution is 0.0357. The summed E-state index contributed by atoms with van der Waals surface area (Å²) in [6, 6.07) is 17.5. The zero-order valence-corrected chi connectivity index (χ0v) is 15.3. The smallest absolute Gasteiger partial charge is 0.193 e. The second-order valence-electron chi connectivity index (χ2n) is 6.13. The zero-order chi connectivity index (χ0) is 16.1. The van der Waals surface area contributed by atoms with Crippen molar-refractivity contribution in [3.8, 4) is 0 Å². The van der Waals surface area contributed by atoms with Crippen molar-refractivity contribution in [2.24, 2.45) is 0 Å². The van der Waals surface area contributed by atoms with Crippen LogP contribution < -0.4 is 0 Å². The van der Waals surface area contributed by atoms with E-state index in [1.54, 1.807) is 0 Å². The van der Waals surface area contributed by atoms with Crippen molar-refractivity contribution in [3.63, 3.8) is 0 Å². The van der Waals surface area contributed by atoms with Gasteiger partial charge >= 0.3 is 0 Å². The summed E-state index contributed by atoms with van der Waals surface area (Å²) in [5.74, 6) is 0.489. The van der Waals surface area contributed by atoms with Gasteiger partial charge in [-0.1, -0.05) is 55.5 Å². The first-order valence-corrected chi connectivity index (χ1v) is 8.24. The number of benzene rings is 2. The van der Waals surface area contributed by atoms with Crippen molar-refractivity contribution in [1.29, 1.82) is 0 Å². The molecule has 2 aromatic rings. The number of ether oxygens (including phenoxy) is 1. The number of carbonyl (C=O) groups is 1. The molecule has 0 aromatic heterocycles. The van der Waals surface area contributed by atoms with Crippen LogP contribution in [0.5, 0.6) is 0 Å². The highest BCUT2D eigenvalue weighted by Crippen LogP contribution is 2.20. The summed E-state index contributed by atoms with van der Waals surface area (Å²) in [7, 11) is 0. The van der Waals surface area contributed by atoms with E-state index >= 15 is 0 Å². The predicted octanol–water partition coefficient (Wildman–Crippen LogP) is 2.95. The average molecular weight is 364 g/mol. The van der Waals surface area contributed by atoms with Crippen LogP contribution in [0, 0.1) is 0 Å². The summed E-state index contributed by atoms with van der Waals surface area (Å²) in [4.78, 5) is 15.0. The second-order valence-corrected chi connectivity index (χ2v) is 6.13. The summed E-state index contributed by atoms with van der Waals surface area (Å²) in [6.45, 7) is 6.85. The molecule has 5 heteroatoms. The molecule has 0 spiro atoms. The van der Waals surface area contributed by atoms with Gasteiger partial charge in [-0.3, -0.25) is 9.69 Å². The Bertz CT molecular complexity index is 657. The molecule has 2 N–H and O–H groups in total. The van der Waals surface area contributed by atoms with Crippen LogP contribution in [0.15, 0.2) is 54.6 Å². The molecule has 0 radical (unpaired) electrons. The molecule has 25 heavy (non-hydrogen) atoms. The second kappa shape index (κ2) is 10.3. The molecule has 1 unspecified atom stereocenters. The van der Waals surface area contributed by atoms with Crippen LogP contribution in [0.25, 0.3) is 0 Å². The lowest BCUT2D eigenvalue weighted by Gasteiger charge is -2.29. The van der Waals surface area contributed by atoms with E-state index in [-0.39, 0.29) is 23.7 Å². The van der Waals surface area contributed by atoms with Gasteiger partial charge in [-0.15, -0.1) is 12.4 Å². The van der Waals surface area contributed by atoms with Crippen molar-refractivity contribution >= 4 is 18.2 Å². The van der Waals surface area contributed by atoms with Gasteiger partial charge in [0.25, 0.3) is 0 Å². The van der Waals surface area contributed by atoms with Gasteiger partial charge in [0.05, 0.1) is 13.2 Å². The molecular formula is C20H26ClNO3. The number of ketones is 1. The summed E-state index contributed by atoms with van der Waals surface area (Å²) in [5.41, 5.74) is 2.73. The Morgan fingerprint density at radius 3 is 2.36 bits per heavy atom. The number of morpholine rings is 1. The van der Waals surface area contributed by atoms with Crippen molar-refractivity contribution in [2.75, 3.05) is 32.8 Å². The highest BCUT2D eigenvalue weighted by Gasteiger charge is 2.16. The minimum Gasteiger partial charge on any atom is -0.412 e. The van der Waals surface area contributed by atoms with Gasteiger partial charge in [-0.05, 0) is 17.5 Å². The Morgan fingerprint density at radius 1 is 1.04 bits per heavy atom. The standard InChI is InChI=1S/C20H23NO2.ClH.H2O/c1-16(15-21-10-12-23-13-11-21)18-8-5-9-19(14-18)20(22)17-6-3-2-4-7-17;;/h2-9,14,16H,10-13,15H2,1H3;1H;1H2. The Morgan fingerprint density at radius 2 is 1.68 bits per heavy atom. The van der Waals surface area contributed by atoms with Crippen molar-refractivity contribution < 1.29 is 15.0 Å². The first-order valence-electron chi connectivity index (χ1n) is 8.24. The Hall–Kier alpha value is -1.72. The molecule has 1 aliphatic heterocycles. The van der Waals surface area contributed by atoms with Gasteiger partial charge in [0.1, 0.15) is 0 Å². The molecular weight excluding hydrogens is 338 g/mol. The normalized spacial score (nSPS) is 15.6. The molecule has 4 nitrogen and oxygen atoms in total. The third-order valence-electron chi connectivity index (χ3n) is 4.39. The van der Waals surface area contributed by atoms with Crippen LogP contribution in [0.2, 0.25) is 0 Å². The van der Waals surface area contributed by atoms with Gasteiger partial charge in [0.15, 0.2) is 5.78 Å². The SMILES string of the molecule is CC(CN1CCOCC1)c1cccc(C(=O)c2ccccc2)c1.Cl.O. The van der Waals surface area contributed by atoms with E-state index in [0.717, 1.165) is 44.0 Å². The van der Waals surface area contributed by atoms with E-state index in [2.05, 4.69) is 17.9 Å². The number of carbonyl (C=O) groups excluding carboxylic acids is 1. The number of hydrogen-bond donors (Lipinski definition) is 0. The van der Waals surface area contributed by atoms with E-state index in [1.165, 1.54) is 5.56 Å². The Balaban J connectivity index is 0.00000156. The van der Waals surface area contributed by atoms with Gasteiger partial charge in [-0.2, -0.15) is 0 Å². The molecule has 136 valence electrons. The predicted molar refractivity (Wildman–Crippen MR) is 103 cm³/mol. The minimum atomic E-state index is 0. The fourth-order valence-electron chi connectivity index (χ4n) is 3.02. The molecule has 1 heterocycles. The van der Waals surface area contributed by atoms with Crippen LogP contribution in [0.4, 0.5) is 0 Å². The number of hydrogen-bond acceptors (Lipinski definition) is 3. The molecule has 1 saturated heterocycles. The highest BCUT2D eigenvalue weighted by molar-refractivity contribution is 6.09. The van der Waals surface area contributed by atoms with E-state index in [4.69, 9.17) is 4.74 Å². The van der Waals surface area contributed by atoms with Gasteiger partial charge in [0.2, 0.25) is 0 Å². The monoisotopic (exact) mass is 363 g/mol. The van der Waals surface area contributed by atoms with Crippen LogP contribution in [-0.2, 0) is 4.74 Å². The first kappa shape index (κ1) is 21.3. The third-order valence-corrected chi connectivity index (χ3v) is 4.39. The van der Waals surface area contributed by atoms with Crippen LogP contribution in [-0.4, -0.2) is 49.0 Å². The van der Waals surface area contributed by atoms with Gasteiger partial charge < -0.3 is 10.2 Å². The number of nitrogens with zero attached hydrogens (tertiary/aromatic N) is 1. The summed E-state index contributed by atoms with van der Waals surface area (Å²) < 4.78 is 5.40. The van der Waals surface area contributed by atoms with Crippen LogP contribution in [0.1, 0.15) is 34.3 Å². The van der Waals surface area contributed by atoms with Gasteiger partial charge in [0, 0.05) is 30.8 Å². The number of halogens is 1. The minimum absolute atomic E-state index is 0. The Kier molecular flexibility index (Phi) is 8.79. The zero-order valence-electron chi connectivity index (χ0n) is 14.5. The first-order chi connectivity index (χ1) is 11.2. The van der Waals surface area contributed by atoms with E-state index in [0.29, 0.717) is 5.92 Å². The summed E-state index contributed by atoms with van der Waals surface area (Å²) in [5, 5.41) is 0. The molecule has 0 saturated carbocycles. The average Bonchev–Trinajstić information content (AvgIpc) is 2.63.